The number of hydrogen-bond donors (Lipinski definition) is 0. The van der Waals surface area contributed by atoms with E-state index in [0.717, 1.165) is 22.0 Å². The van der Waals surface area contributed by atoms with E-state index >= 15 is 0 Å². The van der Waals surface area contributed by atoms with E-state index in [9.17, 15) is 17.2 Å². The van der Waals surface area contributed by atoms with Gasteiger partial charge >= 0.3 is 0 Å². The minimum atomic E-state index is -3.53. The van der Waals surface area contributed by atoms with Crippen molar-refractivity contribution in [3.8, 4) is 0 Å². The molecule has 0 amide bonds. The summed E-state index contributed by atoms with van der Waals surface area (Å²) in [5, 5.41) is 0.936. The van der Waals surface area contributed by atoms with Crippen LogP contribution < -0.4 is 0 Å². The van der Waals surface area contributed by atoms with Crippen molar-refractivity contribution in [2.24, 2.45) is 0 Å². The summed E-state index contributed by atoms with van der Waals surface area (Å²) in [7, 11) is -3.53. The molecule has 0 aromatic heterocycles. The molecule has 2 rings (SSSR count). The molecule has 2 aromatic carbocycles. The van der Waals surface area contributed by atoms with Gasteiger partial charge in [-0.15, -0.1) is 0 Å². The summed E-state index contributed by atoms with van der Waals surface area (Å²) in [4.78, 5) is 0. The molecular weight excluding hydrogens is 362 g/mol. The van der Waals surface area contributed by atoms with Crippen molar-refractivity contribution >= 4 is 31.8 Å². The van der Waals surface area contributed by atoms with Crippen LogP contribution >= 0.6 is 15.9 Å². The molecule has 0 N–H and O–H groups in total. The summed E-state index contributed by atoms with van der Waals surface area (Å²) >= 11 is 3.26. The van der Waals surface area contributed by atoms with Gasteiger partial charge in [0.05, 0.1) is 5.75 Å². The van der Waals surface area contributed by atoms with E-state index in [-0.39, 0.29) is 11.3 Å². The number of sulfone groups is 1. The highest BCUT2D eigenvalue weighted by Crippen LogP contribution is 2.16. The Morgan fingerprint density at radius 1 is 1.05 bits per heavy atom. The van der Waals surface area contributed by atoms with Crippen LogP contribution in [-0.2, 0) is 15.6 Å². The summed E-state index contributed by atoms with van der Waals surface area (Å²) in [6.07, 6.45) is 1.13. The van der Waals surface area contributed by atoms with E-state index in [1.165, 1.54) is 6.07 Å². The lowest BCUT2D eigenvalue weighted by Gasteiger charge is -2.01. The average Bonchev–Trinajstić information content (AvgIpc) is 2.40. The summed E-state index contributed by atoms with van der Waals surface area (Å²) in [5.41, 5.74) is 0.651. The molecule has 21 heavy (non-hydrogen) atoms. The normalized spacial score (nSPS) is 12.0. The first-order valence-corrected chi connectivity index (χ1v) is 8.47. The molecule has 0 aliphatic rings. The topological polar surface area (TPSA) is 34.1 Å². The quantitative estimate of drug-likeness (QED) is 0.800. The third kappa shape index (κ3) is 4.75. The molecule has 0 spiro atoms. The molecule has 0 aliphatic heterocycles. The highest BCUT2D eigenvalue weighted by atomic mass is 79.9. The third-order valence-corrected chi connectivity index (χ3v) is 4.51. The van der Waals surface area contributed by atoms with E-state index in [4.69, 9.17) is 0 Å². The van der Waals surface area contributed by atoms with E-state index < -0.39 is 21.5 Å². The van der Waals surface area contributed by atoms with E-state index in [1.807, 2.05) is 0 Å². The Morgan fingerprint density at radius 3 is 2.33 bits per heavy atom. The van der Waals surface area contributed by atoms with Gasteiger partial charge in [0, 0.05) is 21.5 Å². The minimum absolute atomic E-state index is 0.0239. The van der Waals surface area contributed by atoms with Crippen molar-refractivity contribution in [1.29, 1.82) is 0 Å². The Bertz CT molecular complexity index is 769. The predicted octanol–water partition coefficient (Wildman–Crippen LogP) is 4.31. The zero-order chi connectivity index (χ0) is 15.5. The summed E-state index contributed by atoms with van der Waals surface area (Å²) in [6, 6.07) is 9.84. The maximum atomic E-state index is 13.4. The van der Waals surface area contributed by atoms with Gasteiger partial charge in [-0.1, -0.05) is 28.1 Å². The van der Waals surface area contributed by atoms with Crippen LogP contribution in [0.2, 0.25) is 0 Å². The maximum Gasteiger partial charge on any atom is 0.175 e. The largest absolute Gasteiger partial charge is 0.224 e. The van der Waals surface area contributed by atoms with Gasteiger partial charge in [0.1, 0.15) is 11.6 Å². The molecule has 0 saturated heterocycles. The highest BCUT2D eigenvalue weighted by Gasteiger charge is 2.09. The Balaban J connectivity index is 2.16. The fourth-order valence-electron chi connectivity index (χ4n) is 1.67. The molecule has 2 nitrogen and oxygen atoms in total. The number of rotatable bonds is 4. The van der Waals surface area contributed by atoms with Crippen molar-refractivity contribution in [1.82, 2.24) is 0 Å². The first kappa shape index (κ1) is 15.9. The lowest BCUT2D eigenvalue weighted by molar-refractivity contribution is 0.581. The molecular formula is C15H11BrF2O2S. The standard InChI is InChI=1S/C15H11BrF2O2S/c16-13-4-1-11(2-5-13)10-21(19,20)8-7-12-3-6-14(17)9-15(12)18/h1-9H,10H2. The number of halogens is 3. The fraction of sp³-hybridized carbons (Fsp3) is 0.0667. The van der Waals surface area contributed by atoms with E-state index in [1.54, 1.807) is 24.3 Å². The van der Waals surface area contributed by atoms with Crippen LogP contribution in [0.25, 0.3) is 6.08 Å². The van der Waals surface area contributed by atoms with Gasteiger partial charge in [-0.05, 0) is 35.9 Å². The average molecular weight is 373 g/mol. The molecule has 0 atom stereocenters. The highest BCUT2D eigenvalue weighted by molar-refractivity contribution is 9.10. The predicted molar refractivity (Wildman–Crippen MR) is 82.2 cm³/mol. The molecule has 0 fully saturated rings. The Hall–Kier alpha value is -1.53. The Morgan fingerprint density at radius 2 is 1.71 bits per heavy atom. The van der Waals surface area contributed by atoms with Gasteiger partial charge in [-0.2, -0.15) is 0 Å². The van der Waals surface area contributed by atoms with Gasteiger partial charge in [0.15, 0.2) is 9.84 Å². The SMILES string of the molecule is O=S(=O)(C=Cc1ccc(F)cc1F)Cc1ccc(Br)cc1. The number of hydrogen-bond acceptors (Lipinski definition) is 2. The van der Waals surface area contributed by atoms with Crippen LogP contribution in [0.5, 0.6) is 0 Å². The Labute approximate surface area is 130 Å². The van der Waals surface area contributed by atoms with Crippen molar-refractivity contribution in [3.63, 3.8) is 0 Å². The first-order valence-electron chi connectivity index (χ1n) is 5.96. The summed E-state index contributed by atoms with van der Waals surface area (Å²) < 4.78 is 50.9. The van der Waals surface area contributed by atoms with Gasteiger partial charge in [-0.25, -0.2) is 17.2 Å². The van der Waals surface area contributed by atoms with Crippen LogP contribution in [0.3, 0.4) is 0 Å². The minimum Gasteiger partial charge on any atom is -0.224 e. The van der Waals surface area contributed by atoms with Gasteiger partial charge < -0.3 is 0 Å². The second kappa shape index (κ2) is 6.49. The van der Waals surface area contributed by atoms with Crippen LogP contribution in [0.1, 0.15) is 11.1 Å². The zero-order valence-corrected chi connectivity index (χ0v) is 13.2. The van der Waals surface area contributed by atoms with Gasteiger partial charge in [0.25, 0.3) is 0 Å². The van der Waals surface area contributed by atoms with Crippen LogP contribution in [0.15, 0.2) is 52.3 Å². The first-order chi connectivity index (χ1) is 9.85. The van der Waals surface area contributed by atoms with Crippen LogP contribution in [0.4, 0.5) is 8.78 Å². The second-order valence-electron chi connectivity index (χ2n) is 4.40. The molecule has 0 saturated carbocycles. The monoisotopic (exact) mass is 372 g/mol. The van der Waals surface area contributed by atoms with Crippen LogP contribution in [-0.4, -0.2) is 8.42 Å². The van der Waals surface area contributed by atoms with Gasteiger partial charge in [0.2, 0.25) is 0 Å². The molecule has 0 unspecified atom stereocenters. The lowest BCUT2D eigenvalue weighted by Crippen LogP contribution is -2.00. The molecule has 2 aromatic rings. The molecule has 0 heterocycles. The molecule has 6 heteroatoms. The van der Waals surface area contributed by atoms with Crippen molar-refractivity contribution in [2.45, 2.75) is 5.75 Å². The third-order valence-electron chi connectivity index (χ3n) is 2.70. The molecule has 0 aliphatic carbocycles. The van der Waals surface area contributed by atoms with Crippen molar-refractivity contribution in [3.05, 3.63) is 75.1 Å². The maximum absolute atomic E-state index is 13.4. The lowest BCUT2D eigenvalue weighted by atomic mass is 10.2. The van der Waals surface area contributed by atoms with E-state index in [2.05, 4.69) is 15.9 Å². The van der Waals surface area contributed by atoms with Crippen molar-refractivity contribution < 1.29 is 17.2 Å². The second-order valence-corrected chi connectivity index (χ2v) is 7.20. The molecule has 110 valence electrons. The van der Waals surface area contributed by atoms with E-state index in [0.29, 0.717) is 11.6 Å². The summed E-state index contributed by atoms with van der Waals surface area (Å²) in [5.74, 6) is -1.69. The van der Waals surface area contributed by atoms with Crippen LogP contribution in [0, 0.1) is 11.6 Å². The zero-order valence-electron chi connectivity index (χ0n) is 10.8. The molecule has 0 radical (unpaired) electrons. The van der Waals surface area contributed by atoms with Crippen molar-refractivity contribution in [2.75, 3.05) is 0 Å². The number of benzene rings is 2. The molecule has 0 bridgehead atoms. The van der Waals surface area contributed by atoms with Gasteiger partial charge in [-0.3, -0.25) is 0 Å². The summed E-state index contributed by atoms with van der Waals surface area (Å²) in [6.45, 7) is 0. The smallest absolute Gasteiger partial charge is 0.175 e. The fourth-order valence-corrected chi connectivity index (χ4v) is 3.05. The Kier molecular flexibility index (Phi) is 4.90.